The van der Waals surface area contributed by atoms with Crippen LogP contribution in [0.15, 0.2) is 36.4 Å². The van der Waals surface area contributed by atoms with Crippen LogP contribution in [0.1, 0.15) is 115 Å². The van der Waals surface area contributed by atoms with E-state index in [0.717, 1.165) is 24.8 Å². The number of carboxylic acids is 1. The van der Waals surface area contributed by atoms with E-state index in [4.69, 9.17) is 15.6 Å². The Labute approximate surface area is 233 Å². The minimum absolute atomic E-state index is 0.0901. The van der Waals surface area contributed by atoms with E-state index in [1.807, 2.05) is 30.3 Å². The molecule has 0 unspecified atom stereocenters. The Bertz CT molecular complexity index is 871. The molecule has 0 saturated heterocycles. The van der Waals surface area contributed by atoms with Crippen LogP contribution in [0, 0.1) is 0 Å². The Morgan fingerprint density at radius 2 is 1.46 bits per heavy atom. The second-order valence-corrected chi connectivity index (χ2v) is 10.1. The van der Waals surface area contributed by atoms with Crippen molar-refractivity contribution < 1.29 is 29.0 Å². The fraction of sp³-hybridized carbons (Fsp3) is 0.613. The molecule has 39 heavy (non-hydrogen) atoms. The van der Waals surface area contributed by atoms with Crippen molar-refractivity contribution in [3.05, 3.63) is 42.0 Å². The SMILES string of the molecule is CCCCCCCCCCCCC[C@@H](CC(N)=O)OC(=O)[C@H](CCCC(=O)O)NC(=O)/C=C/c1ccccc1. The zero-order valence-electron chi connectivity index (χ0n) is 23.6. The van der Waals surface area contributed by atoms with Crippen molar-refractivity contribution in [3.63, 3.8) is 0 Å². The summed E-state index contributed by atoms with van der Waals surface area (Å²) in [5.74, 6) is -2.72. The van der Waals surface area contributed by atoms with Gasteiger partial charge in [0.1, 0.15) is 12.1 Å². The van der Waals surface area contributed by atoms with E-state index in [9.17, 15) is 19.2 Å². The summed E-state index contributed by atoms with van der Waals surface area (Å²) >= 11 is 0. The van der Waals surface area contributed by atoms with Crippen LogP contribution in [0.2, 0.25) is 0 Å². The molecule has 218 valence electrons. The van der Waals surface area contributed by atoms with E-state index < -0.39 is 35.9 Å². The number of nitrogens with two attached hydrogens (primary N) is 1. The predicted octanol–water partition coefficient (Wildman–Crippen LogP) is 5.93. The summed E-state index contributed by atoms with van der Waals surface area (Å²) in [6, 6.07) is 8.21. The van der Waals surface area contributed by atoms with Crippen molar-refractivity contribution in [2.45, 2.75) is 122 Å². The summed E-state index contributed by atoms with van der Waals surface area (Å²) in [7, 11) is 0. The van der Waals surface area contributed by atoms with Crippen LogP contribution in [-0.4, -0.2) is 41.0 Å². The minimum Gasteiger partial charge on any atom is -0.481 e. The molecule has 0 saturated carbocycles. The molecule has 0 radical (unpaired) electrons. The molecule has 8 heteroatoms. The topological polar surface area (TPSA) is 136 Å². The molecule has 1 aromatic rings. The Kier molecular flexibility index (Phi) is 18.9. The molecule has 4 N–H and O–H groups in total. The maximum absolute atomic E-state index is 13.0. The van der Waals surface area contributed by atoms with Crippen LogP contribution >= 0.6 is 0 Å². The normalized spacial score (nSPS) is 12.6. The molecule has 0 aliphatic rings. The number of hydrogen-bond donors (Lipinski definition) is 3. The van der Waals surface area contributed by atoms with Gasteiger partial charge in [0.2, 0.25) is 11.8 Å². The number of benzene rings is 1. The largest absolute Gasteiger partial charge is 0.481 e. The van der Waals surface area contributed by atoms with Gasteiger partial charge in [-0.15, -0.1) is 0 Å². The highest BCUT2D eigenvalue weighted by atomic mass is 16.5. The highest BCUT2D eigenvalue weighted by Gasteiger charge is 2.25. The van der Waals surface area contributed by atoms with Crippen LogP contribution in [0.25, 0.3) is 6.08 Å². The fourth-order valence-corrected chi connectivity index (χ4v) is 4.37. The van der Waals surface area contributed by atoms with Crippen molar-refractivity contribution in [1.82, 2.24) is 5.32 Å². The highest BCUT2D eigenvalue weighted by Crippen LogP contribution is 2.16. The molecular weight excluding hydrogens is 496 g/mol. The molecule has 0 aromatic heterocycles. The molecule has 0 aliphatic carbocycles. The average molecular weight is 545 g/mol. The number of unbranched alkanes of at least 4 members (excludes halogenated alkanes) is 10. The maximum atomic E-state index is 13.0. The monoisotopic (exact) mass is 544 g/mol. The number of nitrogens with one attached hydrogen (secondary N) is 1. The summed E-state index contributed by atoms with van der Waals surface area (Å²) in [5, 5.41) is 11.6. The first kappa shape index (κ1) is 33.9. The molecular formula is C31H48N2O6. The van der Waals surface area contributed by atoms with E-state index >= 15 is 0 Å². The summed E-state index contributed by atoms with van der Waals surface area (Å²) in [4.78, 5) is 48.0. The van der Waals surface area contributed by atoms with Gasteiger partial charge in [-0.05, 0) is 37.3 Å². The molecule has 0 aliphatic heterocycles. The summed E-state index contributed by atoms with van der Waals surface area (Å²) < 4.78 is 5.61. The second-order valence-electron chi connectivity index (χ2n) is 10.1. The quantitative estimate of drug-likeness (QED) is 0.0888. The van der Waals surface area contributed by atoms with Crippen LogP contribution in [-0.2, 0) is 23.9 Å². The van der Waals surface area contributed by atoms with Crippen molar-refractivity contribution in [3.8, 4) is 0 Å². The van der Waals surface area contributed by atoms with Gasteiger partial charge in [-0.2, -0.15) is 0 Å². The summed E-state index contributed by atoms with van der Waals surface area (Å²) in [6.07, 6.45) is 15.9. The summed E-state index contributed by atoms with van der Waals surface area (Å²) in [6.45, 7) is 2.22. The number of aliphatic carboxylic acids is 1. The number of esters is 1. The number of amides is 2. The van der Waals surface area contributed by atoms with Crippen LogP contribution < -0.4 is 11.1 Å². The highest BCUT2D eigenvalue weighted by molar-refractivity contribution is 5.94. The van der Waals surface area contributed by atoms with Crippen LogP contribution in [0.5, 0.6) is 0 Å². The third-order valence-electron chi connectivity index (χ3n) is 6.55. The van der Waals surface area contributed by atoms with Gasteiger partial charge in [-0.25, -0.2) is 4.79 Å². The number of ether oxygens (including phenoxy) is 1. The molecule has 0 spiro atoms. The lowest BCUT2D eigenvalue weighted by Crippen LogP contribution is -2.43. The summed E-state index contributed by atoms with van der Waals surface area (Å²) in [5.41, 5.74) is 6.21. The average Bonchev–Trinajstić information content (AvgIpc) is 2.90. The first-order valence-electron chi connectivity index (χ1n) is 14.6. The Hall–Kier alpha value is -3.16. The third-order valence-corrected chi connectivity index (χ3v) is 6.55. The third kappa shape index (κ3) is 18.7. The molecule has 8 nitrogen and oxygen atoms in total. The number of carboxylic acid groups (broad SMARTS) is 1. The Balaban J connectivity index is 2.56. The Morgan fingerprint density at radius 3 is 2.03 bits per heavy atom. The van der Waals surface area contributed by atoms with Crippen LogP contribution in [0.3, 0.4) is 0 Å². The molecule has 0 fully saturated rings. The van der Waals surface area contributed by atoms with Gasteiger partial charge in [0.25, 0.3) is 0 Å². The zero-order chi connectivity index (χ0) is 28.7. The molecule has 2 atom stereocenters. The van der Waals surface area contributed by atoms with Crippen LogP contribution in [0.4, 0.5) is 0 Å². The maximum Gasteiger partial charge on any atom is 0.328 e. The van der Waals surface area contributed by atoms with Crippen molar-refractivity contribution >= 4 is 29.8 Å². The fourth-order valence-electron chi connectivity index (χ4n) is 4.37. The van der Waals surface area contributed by atoms with E-state index in [2.05, 4.69) is 12.2 Å². The second kappa shape index (κ2) is 21.7. The number of carbonyl (C=O) groups excluding carboxylic acids is 3. The van der Waals surface area contributed by atoms with Crippen molar-refractivity contribution in [2.75, 3.05) is 0 Å². The van der Waals surface area contributed by atoms with Gasteiger partial charge in [-0.3, -0.25) is 14.4 Å². The van der Waals surface area contributed by atoms with Gasteiger partial charge in [0.15, 0.2) is 0 Å². The number of rotatable bonds is 23. The molecule has 2 amide bonds. The van der Waals surface area contributed by atoms with Crippen molar-refractivity contribution in [1.29, 1.82) is 0 Å². The predicted molar refractivity (Wildman–Crippen MR) is 154 cm³/mol. The number of carbonyl (C=O) groups is 4. The first-order chi connectivity index (χ1) is 18.8. The molecule has 1 aromatic carbocycles. The number of primary amides is 1. The molecule has 0 heterocycles. The van der Waals surface area contributed by atoms with Gasteiger partial charge in [-0.1, -0.05) is 101 Å². The number of hydrogen-bond acceptors (Lipinski definition) is 5. The first-order valence-corrected chi connectivity index (χ1v) is 14.6. The van der Waals surface area contributed by atoms with E-state index in [1.54, 1.807) is 6.08 Å². The zero-order valence-corrected chi connectivity index (χ0v) is 23.6. The standard InChI is InChI=1S/C31H48N2O6/c1-2-3-4-5-6-7-8-9-10-11-15-19-26(24-28(32)34)39-31(38)27(20-16-21-30(36)37)33-29(35)23-22-25-17-13-12-14-18-25/h12-14,17-18,22-23,26-27H,2-11,15-16,19-21,24H2,1H3,(H2,32,34)(H,33,35)(H,36,37)/b23-22+/t26-,27-/m0/s1. The smallest absolute Gasteiger partial charge is 0.328 e. The van der Waals surface area contributed by atoms with Crippen molar-refractivity contribution in [2.24, 2.45) is 5.73 Å². The van der Waals surface area contributed by atoms with E-state index in [0.29, 0.717) is 6.42 Å². The molecule has 0 bridgehead atoms. The van der Waals surface area contributed by atoms with Gasteiger partial charge in [0, 0.05) is 12.5 Å². The Morgan fingerprint density at radius 1 is 0.872 bits per heavy atom. The van der Waals surface area contributed by atoms with Gasteiger partial charge >= 0.3 is 11.9 Å². The van der Waals surface area contributed by atoms with E-state index in [1.165, 1.54) is 57.4 Å². The minimum atomic E-state index is -1.02. The van der Waals surface area contributed by atoms with Gasteiger partial charge in [0.05, 0.1) is 6.42 Å². The lowest BCUT2D eigenvalue weighted by molar-refractivity contribution is -0.154. The molecule has 1 rings (SSSR count). The lowest BCUT2D eigenvalue weighted by atomic mass is 10.0. The van der Waals surface area contributed by atoms with Gasteiger partial charge < -0.3 is 20.9 Å². The van der Waals surface area contributed by atoms with E-state index in [-0.39, 0.29) is 25.7 Å². The lowest BCUT2D eigenvalue weighted by Gasteiger charge is -2.22.